The zero-order chi connectivity index (χ0) is 8.31. The van der Waals surface area contributed by atoms with Crippen molar-refractivity contribution < 1.29 is 19.8 Å². The van der Waals surface area contributed by atoms with E-state index >= 15 is 0 Å². The maximum atomic E-state index is 10.0. The predicted octanol–water partition coefficient (Wildman–Crippen LogP) is 1.16. The van der Waals surface area contributed by atoms with Gasteiger partial charge in [-0.25, -0.2) is 9.59 Å². The molecule has 4 nitrogen and oxygen atoms in total. The maximum absolute atomic E-state index is 10.0. The number of hydrogen-bond acceptors (Lipinski definition) is 2. The van der Waals surface area contributed by atoms with Crippen molar-refractivity contribution in [2.24, 2.45) is 0 Å². The summed E-state index contributed by atoms with van der Waals surface area (Å²) in [5, 5.41) is 16.4. The van der Waals surface area contributed by atoms with Crippen LogP contribution in [0.3, 0.4) is 0 Å². The molecule has 0 saturated carbocycles. The Balaban J connectivity index is 4.67. The average Bonchev–Trinajstić information content (AvgIpc) is 1.84. The molecule has 0 aliphatic carbocycles. The standard InChI is InChI=1S/C4H2Br2O4/c5-1(3(7)8)2(6)4(9)10/h(H,7,8)(H,9,10)/b2-1-. The molecule has 0 fully saturated rings. The van der Waals surface area contributed by atoms with Gasteiger partial charge < -0.3 is 10.2 Å². The summed E-state index contributed by atoms with van der Waals surface area (Å²) in [6, 6.07) is 0. The summed E-state index contributed by atoms with van der Waals surface area (Å²) in [6.45, 7) is 0. The lowest BCUT2D eigenvalue weighted by Crippen LogP contribution is -2.02. The Bertz CT molecular complexity index is 185. The molecule has 0 heterocycles. The highest BCUT2D eigenvalue weighted by Gasteiger charge is 2.13. The number of carboxylic acid groups (broad SMARTS) is 2. The summed E-state index contributed by atoms with van der Waals surface area (Å²) in [6.07, 6.45) is 0. The topological polar surface area (TPSA) is 74.6 Å². The van der Waals surface area contributed by atoms with Crippen molar-refractivity contribution in [3.05, 3.63) is 8.96 Å². The summed E-state index contributed by atoms with van der Waals surface area (Å²) in [5.41, 5.74) is 0. The summed E-state index contributed by atoms with van der Waals surface area (Å²) in [7, 11) is 0. The van der Waals surface area contributed by atoms with Gasteiger partial charge in [0.25, 0.3) is 0 Å². The van der Waals surface area contributed by atoms with Gasteiger partial charge in [0.2, 0.25) is 0 Å². The quantitative estimate of drug-likeness (QED) is 0.741. The van der Waals surface area contributed by atoms with Crippen LogP contribution in [0, 0.1) is 0 Å². The second-order valence-electron chi connectivity index (χ2n) is 1.24. The minimum atomic E-state index is -1.32. The molecule has 0 unspecified atom stereocenters. The number of hydrogen-bond donors (Lipinski definition) is 2. The summed E-state index contributed by atoms with van der Waals surface area (Å²) < 4.78 is -0.806. The molecule has 2 N–H and O–H groups in total. The number of aliphatic carboxylic acids is 2. The summed E-state index contributed by atoms with van der Waals surface area (Å²) in [4.78, 5) is 20.1. The van der Waals surface area contributed by atoms with Crippen molar-refractivity contribution in [1.29, 1.82) is 0 Å². The fraction of sp³-hybridized carbons (Fsp3) is 0. The van der Waals surface area contributed by atoms with Crippen LogP contribution in [0.2, 0.25) is 0 Å². The van der Waals surface area contributed by atoms with Gasteiger partial charge in [-0.2, -0.15) is 0 Å². The highest BCUT2D eigenvalue weighted by molar-refractivity contribution is 9.14. The molecule has 0 aromatic heterocycles. The van der Waals surface area contributed by atoms with E-state index in [1.165, 1.54) is 0 Å². The van der Waals surface area contributed by atoms with Crippen molar-refractivity contribution in [3.63, 3.8) is 0 Å². The largest absolute Gasteiger partial charge is 0.477 e. The second kappa shape index (κ2) is 3.72. The van der Waals surface area contributed by atoms with Crippen molar-refractivity contribution in [1.82, 2.24) is 0 Å². The molecule has 0 aliphatic heterocycles. The summed E-state index contributed by atoms with van der Waals surface area (Å²) in [5.74, 6) is -2.65. The van der Waals surface area contributed by atoms with Crippen molar-refractivity contribution in [3.8, 4) is 0 Å². The Kier molecular flexibility index (Phi) is 3.59. The molecule has 0 rings (SSSR count). The highest BCUT2D eigenvalue weighted by atomic mass is 79.9. The fourth-order valence-corrected chi connectivity index (χ4v) is 0.527. The molecule has 0 aromatic rings. The molecule has 0 amide bonds. The second-order valence-corrected chi connectivity index (χ2v) is 2.82. The van der Waals surface area contributed by atoms with Crippen molar-refractivity contribution >= 4 is 43.8 Å². The Hall–Kier alpha value is -0.360. The SMILES string of the molecule is O=C(O)/C(Br)=C(/Br)C(=O)O. The zero-order valence-corrected chi connectivity index (χ0v) is 7.64. The molecule has 0 spiro atoms. The van der Waals surface area contributed by atoms with Gasteiger partial charge in [-0.1, -0.05) is 0 Å². The van der Waals surface area contributed by atoms with E-state index in [1.807, 2.05) is 0 Å². The van der Waals surface area contributed by atoms with E-state index in [2.05, 4.69) is 31.9 Å². The number of carboxylic acids is 2. The molecule has 6 heteroatoms. The van der Waals surface area contributed by atoms with Crippen LogP contribution in [-0.4, -0.2) is 22.2 Å². The van der Waals surface area contributed by atoms with E-state index < -0.39 is 20.9 Å². The minimum Gasteiger partial charge on any atom is -0.477 e. The third kappa shape index (κ3) is 2.49. The fourth-order valence-electron chi connectivity index (χ4n) is 0.188. The smallest absolute Gasteiger partial charge is 0.344 e. The molecular formula is C4H2Br2O4. The highest BCUT2D eigenvalue weighted by Crippen LogP contribution is 2.17. The van der Waals surface area contributed by atoms with E-state index in [-0.39, 0.29) is 0 Å². The van der Waals surface area contributed by atoms with E-state index in [1.54, 1.807) is 0 Å². The lowest BCUT2D eigenvalue weighted by atomic mass is 10.5. The third-order valence-corrected chi connectivity index (χ3v) is 2.57. The van der Waals surface area contributed by atoms with Crippen LogP contribution in [0.4, 0.5) is 0 Å². The first-order valence-electron chi connectivity index (χ1n) is 1.98. The van der Waals surface area contributed by atoms with Crippen LogP contribution in [0.15, 0.2) is 8.96 Å². The maximum Gasteiger partial charge on any atom is 0.344 e. The molecular weight excluding hydrogens is 272 g/mol. The Labute approximate surface area is 72.8 Å². The van der Waals surface area contributed by atoms with Crippen molar-refractivity contribution in [2.45, 2.75) is 0 Å². The molecule has 10 heavy (non-hydrogen) atoms. The summed E-state index contributed by atoms with van der Waals surface area (Å²) >= 11 is 5.12. The number of carbonyl (C=O) groups is 2. The van der Waals surface area contributed by atoms with Gasteiger partial charge in [0, 0.05) is 0 Å². The van der Waals surface area contributed by atoms with E-state index in [9.17, 15) is 9.59 Å². The molecule has 0 aliphatic rings. The van der Waals surface area contributed by atoms with Gasteiger partial charge in [0.15, 0.2) is 0 Å². The first-order valence-corrected chi connectivity index (χ1v) is 3.57. The lowest BCUT2D eigenvalue weighted by molar-refractivity contribution is -0.134. The molecule has 0 atom stereocenters. The monoisotopic (exact) mass is 272 g/mol. The first-order chi connectivity index (χ1) is 4.46. The first kappa shape index (κ1) is 9.64. The molecule has 0 saturated heterocycles. The normalized spacial score (nSPS) is 12.2. The third-order valence-electron chi connectivity index (χ3n) is 0.568. The van der Waals surface area contributed by atoms with Gasteiger partial charge in [-0.15, -0.1) is 0 Å². The number of rotatable bonds is 2. The van der Waals surface area contributed by atoms with E-state index in [0.29, 0.717) is 0 Å². The minimum absolute atomic E-state index is 0.403. The Morgan fingerprint density at radius 2 is 1.10 bits per heavy atom. The zero-order valence-electron chi connectivity index (χ0n) is 4.47. The molecule has 0 radical (unpaired) electrons. The van der Waals surface area contributed by atoms with Crippen LogP contribution in [0.5, 0.6) is 0 Å². The predicted molar refractivity (Wildman–Crippen MR) is 40.2 cm³/mol. The molecule has 0 bridgehead atoms. The number of halogens is 2. The van der Waals surface area contributed by atoms with Gasteiger partial charge in [-0.3, -0.25) is 0 Å². The van der Waals surface area contributed by atoms with E-state index in [0.717, 1.165) is 0 Å². The van der Waals surface area contributed by atoms with E-state index in [4.69, 9.17) is 10.2 Å². The van der Waals surface area contributed by atoms with Crippen LogP contribution in [-0.2, 0) is 9.59 Å². The van der Waals surface area contributed by atoms with Crippen molar-refractivity contribution in [2.75, 3.05) is 0 Å². The van der Waals surface area contributed by atoms with Crippen LogP contribution in [0.1, 0.15) is 0 Å². The molecule has 0 aromatic carbocycles. The molecule has 56 valence electrons. The van der Waals surface area contributed by atoms with Gasteiger partial charge in [0.1, 0.15) is 8.96 Å². The van der Waals surface area contributed by atoms with Crippen LogP contribution < -0.4 is 0 Å². The van der Waals surface area contributed by atoms with Crippen LogP contribution in [0.25, 0.3) is 0 Å². The average molecular weight is 274 g/mol. The van der Waals surface area contributed by atoms with Gasteiger partial charge in [-0.05, 0) is 31.9 Å². The Morgan fingerprint density at radius 3 is 1.20 bits per heavy atom. The van der Waals surface area contributed by atoms with Crippen LogP contribution >= 0.6 is 31.9 Å². The van der Waals surface area contributed by atoms with Gasteiger partial charge >= 0.3 is 11.9 Å². The Morgan fingerprint density at radius 1 is 0.900 bits per heavy atom. The van der Waals surface area contributed by atoms with Gasteiger partial charge in [0.05, 0.1) is 0 Å². The lowest BCUT2D eigenvalue weighted by Gasteiger charge is -1.91.